The van der Waals surface area contributed by atoms with Gasteiger partial charge in [0.05, 0.1) is 17.0 Å². The van der Waals surface area contributed by atoms with Crippen LogP contribution >= 0.6 is 0 Å². The van der Waals surface area contributed by atoms with Crippen LogP contribution in [0, 0.1) is 6.92 Å². The first kappa shape index (κ1) is 24.3. The van der Waals surface area contributed by atoms with E-state index in [9.17, 15) is 13.2 Å². The minimum atomic E-state index is -3.79. The highest BCUT2D eigenvalue weighted by Crippen LogP contribution is 2.17. The van der Waals surface area contributed by atoms with Crippen molar-refractivity contribution in [3.63, 3.8) is 0 Å². The van der Waals surface area contributed by atoms with Crippen molar-refractivity contribution in [2.75, 3.05) is 19.6 Å². The van der Waals surface area contributed by atoms with Crippen LogP contribution < -0.4 is 11.5 Å². The third-order valence-electron chi connectivity index (χ3n) is 4.50. The largest absolute Gasteiger partial charge is 0.481 e. The van der Waals surface area contributed by atoms with Gasteiger partial charge in [-0.2, -0.15) is 4.31 Å². The molecule has 0 radical (unpaired) electrons. The van der Waals surface area contributed by atoms with E-state index in [1.807, 2.05) is 6.92 Å². The Hall–Kier alpha value is -2.99. The number of guanidine groups is 1. The average molecular weight is 452 g/mol. The van der Waals surface area contributed by atoms with Gasteiger partial charge in [-0.05, 0) is 38.3 Å². The van der Waals surface area contributed by atoms with Crippen LogP contribution in [-0.4, -0.2) is 64.4 Å². The van der Waals surface area contributed by atoms with E-state index in [-0.39, 0.29) is 30.4 Å². The van der Waals surface area contributed by atoms with E-state index in [2.05, 4.69) is 15.3 Å². The molecule has 170 valence electrons. The van der Waals surface area contributed by atoms with E-state index in [1.165, 1.54) is 16.4 Å². The molecule has 0 atom stereocenters. The molecule has 5 N–H and O–H groups in total. The Balaban J connectivity index is 1.95. The number of aliphatic carboxylic acids is 1. The van der Waals surface area contributed by atoms with E-state index in [4.69, 9.17) is 16.6 Å². The van der Waals surface area contributed by atoms with Gasteiger partial charge < -0.3 is 16.6 Å². The predicted molar refractivity (Wildman–Crippen MR) is 116 cm³/mol. The zero-order valence-corrected chi connectivity index (χ0v) is 18.3. The predicted octanol–water partition coefficient (Wildman–Crippen LogP) is 0.348. The lowest BCUT2D eigenvalue weighted by atomic mass is 10.2. The second-order valence-corrected chi connectivity index (χ2v) is 9.04. The summed E-state index contributed by atoms with van der Waals surface area (Å²) >= 11 is 0. The van der Waals surface area contributed by atoms with E-state index >= 15 is 0 Å². The zero-order chi connectivity index (χ0) is 22.9. The fourth-order valence-corrected chi connectivity index (χ4v) is 4.35. The molecule has 2 aromatic rings. The molecule has 1 heterocycles. The van der Waals surface area contributed by atoms with E-state index in [0.29, 0.717) is 25.9 Å². The summed E-state index contributed by atoms with van der Waals surface area (Å²) < 4.78 is 28.8. The minimum Gasteiger partial charge on any atom is -0.481 e. The van der Waals surface area contributed by atoms with Crippen LogP contribution in [-0.2, 0) is 27.8 Å². The Kier molecular flexibility index (Phi) is 8.94. The average Bonchev–Trinajstić information content (AvgIpc) is 3.15. The van der Waals surface area contributed by atoms with Crippen LogP contribution in [0.5, 0.6) is 0 Å². The number of aliphatic imine (C=N–C) groups is 1. The number of aromatic nitrogens is 3. The summed E-state index contributed by atoms with van der Waals surface area (Å²) in [4.78, 5) is 15.0. The third-order valence-corrected chi connectivity index (χ3v) is 6.41. The Bertz CT molecular complexity index is 983. The van der Waals surface area contributed by atoms with Gasteiger partial charge in [0, 0.05) is 32.4 Å². The monoisotopic (exact) mass is 451 g/mol. The van der Waals surface area contributed by atoms with Gasteiger partial charge in [0.1, 0.15) is 0 Å². The molecular formula is C19H29N7O4S. The van der Waals surface area contributed by atoms with Gasteiger partial charge in [-0.1, -0.05) is 22.9 Å². The highest BCUT2D eigenvalue weighted by Gasteiger charge is 2.24. The number of sulfonamides is 1. The van der Waals surface area contributed by atoms with E-state index < -0.39 is 16.0 Å². The Morgan fingerprint density at radius 1 is 1.19 bits per heavy atom. The maximum absolute atomic E-state index is 13.0. The molecule has 0 aliphatic rings. The number of rotatable bonds is 13. The maximum Gasteiger partial charge on any atom is 0.304 e. The molecule has 0 unspecified atom stereocenters. The summed E-state index contributed by atoms with van der Waals surface area (Å²) in [6, 6.07) is 6.49. The van der Waals surface area contributed by atoms with E-state index in [1.54, 1.807) is 23.0 Å². The SMILES string of the molecule is Cc1ccc(S(=O)(=O)N(CCCn2cc(CCCN=C(N)N)nn2)CCC(=O)O)cc1. The lowest BCUT2D eigenvalue weighted by Gasteiger charge is -2.21. The number of aryl methyl sites for hydroxylation is 3. The third kappa shape index (κ3) is 7.98. The normalized spacial score (nSPS) is 11.5. The first-order valence-electron chi connectivity index (χ1n) is 9.91. The molecule has 2 rings (SSSR count). The van der Waals surface area contributed by atoms with Crippen molar-refractivity contribution in [2.24, 2.45) is 16.5 Å². The lowest BCUT2D eigenvalue weighted by Crippen LogP contribution is -2.34. The molecule has 1 aromatic carbocycles. The highest BCUT2D eigenvalue weighted by atomic mass is 32.2. The number of nitrogens with two attached hydrogens (primary N) is 2. The van der Waals surface area contributed by atoms with Crippen LogP contribution in [0.25, 0.3) is 0 Å². The van der Waals surface area contributed by atoms with Crippen LogP contribution in [0.2, 0.25) is 0 Å². The summed E-state index contributed by atoms with van der Waals surface area (Å²) in [6.45, 7) is 2.90. The van der Waals surface area contributed by atoms with Gasteiger partial charge >= 0.3 is 5.97 Å². The number of carboxylic acid groups (broad SMARTS) is 1. The molecule has 0 aliphatic carbocycles. The quantitative estimate of drug-likeness (QED) is 0.222. The Morgan fingerprint density at radius 3 is 2.55 bits per heavy atom. The Morgan fingerprint density at radius 2 is 1.90 bits per heavy atom. The molecule has 0 spiro atoms. The molecule has 1 aromatic heterocycles. The second kappa shape index (κ2) is 11.4. The van der Waals surface area contributed by atoms with Crippen molar-refractivity contribution in [1.82, 2.24) is 19.3 Å². The second-order valence-electron chi connectivity index (χ2n) is 7.10. The van der Waals surface area contributed by atoms with Crippen molar-refractivity contribution in [3.8, 4) is 0 Å². The van der Waals surface area contributed by atoms with Gasteiger partial charge in [-0.25, -0.2) is 8.42 Å². The van der Waals surface area contributed by atoms with Crippen molar-refractivity contribution < 1.29 is 18.3 Å². The molecule has 0 saturated heterocycles. The molecule has 0 bridgehead atoms. The summed E-state index contributed by atoms with van der Waals surface area (Å²) in [5.74, 6) is -0.998. The first-order chi connectivity index (χ1) is 14.7. The number of hydrogen-bond acceptors (Lipinski definition) is 6. The van der Waals surface area contributed by atoms with Crippen LogP contribution in [0.15, 0.2) is 40.4 Å². The van der Waals surface area contributed by atoms with Crippen LogP contribution in [0.1, 0.15) is 30.5 Å². The van der Waals surface area contributed by atoms with Gasteiger partial charge in [0.15, 0.2) is 5.96 Å². The lowest BCUT2D eigenvalue weighted by molar-refractivity contribution is -0.137. The number of carboxylic acids is 1. The molecule has 11 nitrogen and oxygen atoms in total. The standard InChI is InChI=1S/C19H29N7O4S/c1-15-5-7-17(8-6-15)31(29,30)26(13-9-18(27)28)12-3-11-25-14-16(23-24-25)4-2-10-22-19(20)21/h5-8,14H,2-4,9-13H2,1H3,(H,27,28)(H4,20,21,22). The fraction of sp³-hybridized carbons (Fsp3) is 0.474. The van der Waals surface area contributed by atoms with Crippen molar-refractivity contribution >= 4 is 22.0 Å². The minimum absolute atomic E-state index is 0.0525. The summed E-state index contributed by atoms with van der Waals surface area (Å²) in [6.07, 6.45) is 3.39. The van der Waals surface area contributed by atoms with E-state index in [0.717, 1.165) is 17.7 Å². The summed E-state index contributed by atoms with van der Waals surface area (Å²) in [5.41, 5.74) is 12.3. The molecule has 0 fully saturated rings. The summed E-state index contributed by atoms with van der Waals surface area (Å²) in [7, 11) is -3.79. The molecule has 12 heteroatoms. The number of carbonyl (C=O) groups is 1. The van der Waals surface area contributed by atoms with Crippen molar-refractivity contribution in [2.45, 2.75) is 44.0 Å². The van der Waals surface area contributed by atoms with Crippen LogP contribution in [0.4, 0.5) is 0 Å². The number of benzene rings is 1. The fourth-order valence-electron chi connectivity index (χ4n) is 2.87. The number of hydrogen-bond donors (Lipinski definition) is 3. The van der Waals surface area contributed by atoms with Crippen molar-refractivity contribution in [3.05, 3.63) is 41.7 Å². The summed E-state index contributed by atoms with van der Waals surface area (Å²) in [5, 5.41) is 17.1. The van der Waals surface area contributed by atoms with Crippen molar-refractivity contribution in [1.29, 1.82) is 0 Å². The molecular weight excluding hydrogens is 422 g/mol. The molecule has 0 amide bonds. The zero-order valence-electron chi connectivity index (χ0n) is 17.5. The van der Waals surface area contributed by atoms with Gasteiger partial charge in [0.2, 0.25) is 10.0 Å². The van der Waals surface area contributed by atoms with Crippen LogP contribution in [0.3, 0.4) is 0 Å². The molecule has 0 saturated carbocycles. The van der Waals surface area contributed by atoms with Gasteiger partial charge in [-0.15, -0.1) is 5.10 Å². The highest BCUT2D eigenvalue weighted by molar-refractivity contribution is 7.89. The molecule has 31 heavy (non-hydrogen) atoms. The first-order valence-corrected chi connectivity index (χ1v) is 11.4. The van der Waals surface area contributed by atoms with Gasteiger partial charge in [0.25, 0.3) is 0 Å². The van der Waals surface area contributed by atoms with Gasteiger partial charge in [-0.3, -0.25) is 14.5 Å². The number of nitrogens with zero attached hydrogens (tertiary/aromatic N) is 5. The molecule has 0 aliphatic heterocycles. The maximum atomic E-state index is 13.0. The topological polar surface area (TPSA) is 170 Å². The Labute approximate surface area is 181 Å². The smallest absolute Gasteiger partial charge is 0.304 e.